The topological polar surface area (TPSA) is 20.2 Å². The maximum absolute atomic E-state index is 6.47. The van der Waals surface area contributed by atoms with E-state index in [9.17, 15) is 0 Å². The number of hydrogen-bond donors (Lipinski definition) is 1. The quantitative estimate of drug-likeness (QED) is 0.353. The Bertz CT molecular complexity index is 6.85. The summed E-state index contributed by atoms with van der Waals surface area (Å²) in [6.45, 7) is 0. The van der Waals surface area contributed by atoms with Crippen LogP contribution in [0.25, 0.3) is 0 Å². The van der Waals surface area contributed by atoms with Crippen molar-refractivity contribution in [1.82, 2.24) is 0 Å². The second-order valence-electron chi connectivity index (χ2n) is 0. The molecule has 0 atom stereocenters. The first-order chi connectivity index (χ1) is 1.00. The fraction of sp³-hybridized carbons (Fsp3) is 0. The Hall–Kier alpha value is 2.09. The van der Waals surface area contributed by atoms with E-state index in [0.29, 0.717) is 0 Å². The maximum Gasteiger partial charge on any atom is 2.00 e. The summed E-state index contributed by atoms with van der Waals surface area (Å²) >= 11 is 3.64. The molecule has 0 aromatic heterocycles. The van der Waals surface area contributed by atoms with Crippen molar-refractivity contribution in [1.29, 1.82) is 0 Å². The molecule has 0 saturated heterocycles. The summed E-state index contributed by atoms with van der Waals surface area (Å²) < 4.78 is 6.47. The van der Waals surface area contributed by atoms with Crippen LogP contribution < -0.4 is 24.8 Å². The molecule has 0 rings (SSSR count). The third-order valence-electron chi connectivity index (χ3n) is 0. The van der Waals surface area contributed by atoms with Crippen LogP contribution in [-0.2, 0) is 0 Å². The Morgan fingerprint density at radius 1 is 1.00 bits per heavy atom. The van der Waals surface area contributed by atoms with Crippen LogP contribution in [0.1, 0.15) is 0 Å². The van der Waals surface area contributed by atoms with Gasteiger partial charge in [0.05, 0.1) is 11.9 Å². The monoisotopic (exact) mass is 162 g/mol. The zero-order valence-electron chi connectivity index (χ0n) is 2.29. The number of hydrogen-bond acceptors (Lipinski definition) is 1. The second kappa shape index (κ2) is 36.1. The first-order valence-electron chi connectivity index (χ1n) is 0.169. The predicted molar refractivity (Wildman–Crippen MR) is 13.8 cm³/mol. The molecular weight excluding hydrogens is 162 g/mol. The third-order valence-corrected chi connectivity index (χ3v) is 0. The van der Waals surface area contributed by atoms with Crippen molar-refractivity contribution in [3.63, 3.8) is 0 Å². The average Bonchev–Trinajstić information content (AvgIpc) is 1.00. The van der Waals surface area contributed by atoms with Crippen LogP contribution in [0, 0.1) is 0 Å². The van der Waals surface area contributed by atoms with Gasteiger partial charge < -0.3 is 24.8 Å². The molecule has 0 aromatic carbocycles. The number of halogens is 3. The van der Waals surface area contributed by atoms with Crippen molar-refractivity contribution < 1.29 is 29.5 Å². The second-order valence-corrected chi connectivity index (χ2v) is 0. The summed E-state index contributed by atoms with van der Waals surface area (Å²) in [5, 5.41) is 0. The van der Waals surface area contributed by atoms with Gasteiger partial charge in [-0.2, -0.15) is 0 Å². The summed E-state index contributed by atoms with van der Waals surface area (Å²) in [4.78, 5) is 0. The Morgan fingerprint density at radius 3 is 1.00 bits per heavy atom. The minimum atomic E-state index is 0. The van der Waals surface area contributed by atoms with Crippen LogP contribution in [-0.4, -0.2) is 42.4 Å². The van der Waals surface area contributed by atoms with Crippen molar-refractivity contribution in [2.75, 3.05) is 0 Å². The van der Waals surface area contributed by atoms with E-state index in [-0.39, 0.29) is 62.6 Å². The largest absolute Gasteiger partial charge is 2.00 e. The Balaban J connectivity index is -0.00000000167. The van der Waals surface area contributed by atoms with Crippen molar-refractivity contribution in [2.24, 2.45) is 0 Å². The molecule has 5 heavy (non-hydrogen) atoms. The molecule has 30 valence electrons. The van der Waals surface area contributed by atoms with Gasteiger partial charge in [-0.05, 0) is 0 Å². The molecule has 0 heterocycles. The van der Waals surface area contributed by atoms with Crippen LogP contribution >= 0.6 is 11.9 Å². The molecule has 1 nitrogen and oxygen atoms in total. The Morgan fingerprint density at radius 2 is 1.00 bits per heavy atom. The molecular formula is HCaCl3O. The predicted octanol–water partition coefficient (Wildman–Crippen LogP) is -6.24. The molecule has 0 bridgehead atoms. The van der Waals surface area contributed by atoms with Crippen molar-refractivity contribution in [3.05, 3.63) is 0 Å². The molecule has 1 N–H and O–H groups in total. The van der Waals surface area contributed by atoms with Gasteiger partial charge in [0, 0.05) is 0 Å². The van der Waals surface area contributed by atoms with Gasteiger partial charge in [-0.3, -0.25) is 4.66 Å². The van der Waals surface area contributed by atoms with Crippen molar-refractivity contribution >= 4 is 49.6 Å². The van der Waals surface area contributed by atoms with Crippen LogP contribution in [0.4, 0.5) is 0 Å². The molecule has 0 aliphatic rings. The maximum atomic E-state index is 6.47. The molecule has 5 heteroatoms. The fourth-order valence-corrected chi connectivity index (χ4v) is 0. The van der Waals surface area contributed by atoms with E-state index in [2.05, 4.69) is 11.9 Å². The molecule has 0 fully saturated rings. The Kier molecular flexibility index (Phi) is 199. The summed E-state index contributed by atoms with van der Waals surface area (Å²) in [5.74, 6) is 0. The van der Waals surface area contributed by atoms with Gasteiger partial charge in [-0.25, -0.2) is 0 Å². The van der Waals surface area contributed by atoms with Crippen LogP contribution in [0.2, 0.25) is 0 Å². The fourth-order valence-electron chi connectivity index (χ4n) is 0. The normalized spacial score (nSPS) is 1.20. The molecule has 0 spiro atoms. The van der Waals surface area contributed by atoms with E-state index < -0.39 is 0 Å². The standard InChI is InChI=1S/Ca.ClHO.2ClH/c;1-2;;/h;2H;2*1H/q+2;;;/p-2. The van der Waals surface area contributed by atoms with E-state index in [1.165, 1.54) is 0 Å². The van der Waals surface area contributed by atoms with Gasteiger partial charge in [0.15, 0.2) is 0 Å². The minimum Gasteiger partial charge on any atom is -1.00 e. The van der Waals surface area contributed by atoms with E-state index >= 15 is 0 Å². The Labute approximate surface area is 78.1 Å². The smallest absolute Gasteiger partial charge is 1.00 e. The first-order valence-corrected chi connectivity index (χ1v) is 0.507. The van der Waals surface area contributed by atoms with Gasteiger partial charge in [0.2, 0.25) is 0 Å². The van der Waals surface area contributed by atoms with Crippen molar-refractivity contribution in [2.45, 2.75) is 0 Å². The van der Waals surface area contributed by atoms with E-state index in [1.807, 2.05) is 0 Å². The van der Waals surface area contributed by atoms with Crippen LogP contribution in [0.3, 0.4) is 0 Å². The van der Waals surface area contributed by atoms with Crippen molar-refractivity contribution in [3.8, 4) is 0 Å². The number of rotatable bonds is 0. The zero-order valence-corrected chi connectivity index (χ0v) is 6.76. The average molecular weight is 163 g/mol. The van der Waals surface area contributed by atoms with Gasteiger partial charge in [0.1, 0.15) is 0 Å². The molecule has 0 aliphatic carbocycles. The SMILES string of the molecule is OCl.[Ca+2].[Cl-].[Cl-]. The molecule has 0 aromatic rings. The van der Waals surface area contributed by atoms with Gasteiger partial charge >= 0.3 is 37.7 Å². The van der Waals surface area contributed by atoms with Gasteiger partial charge in [0.25, 0.3) is 0 Å². The summed E-state index contributed by atoms with van der Waals surface area (Å²) in [7, 11) is 0. The van der Waals surface area contributed by atoms with E-state index in [1.54, 1.807) is 0 Å². The summed E-state index contributed by atoms with van der Waals surface area (Å²) in [5.41, 5.74) is 0. The van der Waals surface area contributed by atoms with Gasteiger partial charge in [-0.1, -0.05) is 0 Å². The minimum absolute atomic E-state index is 0. The molecule has 0 aliphatic heterocycles. The van der Waals surface area contributed by atoms with E-state index in [0.717, 1.165) is 0 Å². The van der Waals surface area contributed by atoms with Crippen LogP contribution in [0.15, 0.2) is 0 Å². The molecule has 0 amide bonds. The molecule has 0 unspecified atom stereocenters. The third kappa shape index (κ3) is 23.3. The van der Waals surface area contributed by atoms with E-state index in [4.69, 9.17) is 4.66 Å². The van der Waals surface area contributed by atoms with Crippen LogP contribution in [0.5, 0.6) is 0 Å². The summed E-state index contributed by atoms with van der Waals surface area (Å²) in [6.07, 6.45) is 0. The first kappa shape index (κ1) is 27.5. The molecule has 0 radical (unpaired) electrons. The molecule has 0 saturated carbocycles. The summed E-state index contributed by atoms with van der Waals surface area (Å²) in [6, 6.07) is 0. The van der Waals surface area contributed by atoms with Gasteiger partial charge in [-0.15, -0.1) is 0 Å². The zero-order chi connectivity index (χ0) is 2.00.